The Hall–Kier alpha value is -0.610. The molecule has 4 nitrogen and oxygen atoms in total. The maximum Gasteiger partial charge on any atom is 0.320 e. The van der Waals surface area contributed by atoms with Gasteiger partial charge in [0.05, 0.1) is 13.2 Å². The highest BCUT2D eigenvalue weighted by molar-refractivity contribution is 5.73. The molecule has 0 radical (unpaired) electrons. The van der Waals surface area contributed by atoms with Gasteiger partial charge in [-0.15, -0.1) is 0 Å². The van der Waals surface area contributed by atoms with Crippen LogP contribution in [0.5, 0.6) is 0 Å². The Morgan fingerprint density at radius 2 is 2.07 bits per heavy atom. The number of nitrogens with zero attached hydrogens (tertiary/aromatic N) is 1. The van der Waals surface area contributed by atoms with Crippen molar-refractivity contribution in [2.24, 2.45) is 5.41 Å². The highest BCUT2D eigenvalue weighted by Crippen LogP contribution is 2.38. The predicted octanol–water partition coefficient (Wildman–Crippen LogP) is 0.962. The Morgan fingerprint density at radius 3 is 2.40 bits per heavy atom. The van der Waals surface area contributed by atoms with Gasteiger partial charge in [0.1, 0.15) is 6.04 Å². The first-order valence-corrected chi connectivity index (χ1v) is 5.71. The molecule has 2 heterocycles. The van der Waals surface area contributed by atoms with E-state index < -0.39 is 5.97 Å². The van der Waals surface area contributed by atoms with E-state index in [2.05, 4.69) is 4.90 Å². The van der Waals surface area contributed by atoms with Crippen molar-refractivity contribution in [2.75, 3.05) is 26.3 Å². The molecule has 0 saturated carbocycles. The molecule has 1 spiro atoms. The fourth-order valence-corrected chi connectivity index (χ4v) is 2.58. The third-order valence-electron chi connectivity index (χ3n) is 3.79. The van der Waals surface area contributed by atoms with Crippen molar-refractivity contribution in [2.45, 2.75) is 32.2 Å². The molecule has 2 aliphatic rings. The fourth-order valence-electron chi connectivity index (χ4n) is 2.58. The van der Waals surface area contributed by atoms with Crippen LogP contribution in [0.3, 0.4) is 0 Å². The van der Waals surface area contributed by atoms with Crippen molar-refractivity contribution in [1.29, 1.82) is 0 Å². The van der Waals surface area contributed by atoms with Crippen molar-refractivity contribution >= 4 is 5.97 Å². The lowest BCUT2D eigenvalue weighted by Gasteiger charge is -2.48. The van der Waals surface area contributed by atoms with E-state index in [1.807, 2.05) is 6.92 Å². The average molecular weight is 213 g/mol. The maximum atomic E-state index is 11.0. The lowest BCUT2D eigenvalue weighted by molar-refractivity contribution is -0.155. The Bertz CT molecular complexity index is 240. The Kier molecular flexibility index (Phi) is 2.98. The summed E-state index contributed by atoms with van der Waals surface area (Å²) in [5, 5.41) is 9.06. The highest BCUT2D eigenvalue weighted by Gasteiger charge is 2.42. The standard InChI is InChI=1S/C11H19NO3/c1-2-9(10(13)14)12-5-3-11(4-6-12)7-15-8-11/h9H,2-8H2,1H3,(H,13,14). The third kappa shape index (κ3) is 2.01. The minimum absolute atomic E-state index is 0.289. The number of likely N-dealkylation sites (tertiary alicyclic amines) is 1. The first-order chi connectivity index (χ1) is 7.17. The largest absolute Gasteiger partial charge is 0.480 e. The third-order valence-corrected chi connectivity index (χ3v) is 3.79. The molecule has 86 valence electrons. The van der Waals surface area contributed by atoms with Crippen molar-refractivity contribution < 1.29 is 14.6 Å². The SMILES string of the molecule is CCC(C(=O)O)N1CCC2(CC1)COC2. The fraction of sp³-hybridized carbons (Fsp3) is 0.909. The smallest absolute Gasteiger partial charge is 0.320 e. The van der Waals surface area contributed by atoms with Gasteiger partial charge in [-0.3, -0.25) is 9.69 Å². The van der Waals surface area contributed by atoms with Crippen LogP contribution in [0.15, 0.2) is 0 Å². The molecule has 1 unspecified atom stereocenters. The summed E-state index contributed by atoms with van der Waals surface area (Å²) < 4.78 is 5.25. The van der Waals surface area contributed by atoms with E-state index in [1.54, 1.807) is 0 Å². The number of ether oxygens (including phenoxy) is 1. The number of rotatable bonds is 3. The molecule has 0 aromatic heterocycles. The van der Waals surface area contributed by atoms with Crippen molar-refractivity contribution in [3.05, 3.63) is 0 Å². The monoisotopic (exact) mass is 213 g/mol. The van der Waals surface area contributed by atoms with Crippen LogP contribution in [0.4, 0.5) is 0 Å². The van der Waals surface area contributed by atoms with Gasteiger partial charge < -0.3 is 9.84 Å². The van der Waals surface area contributed by atoms with Gasteiger partial charge in [0.15, 0.2) is 0 Å². The number of hydrogen-bond donors (Lipinski definition) is 1. The molecular weight excluding hydrogens is 194 g/mol. The molecule has 0 aliphatic carbocycles. The van der Waals surface area contributed by atoms with E-state index in [0.717, 1.165) is 39.1 Å². The number of piperidine rings is 1. The maximum absolute atomic E-state index is 11.0. The summed E-state index contributed by atoms with van der Waals surface area (Å²) in [6.45, 7) is 5.52. The first kappa shape index (κ1) is 10.9. The molecule has 2 rings (SSSR count). The van der Waals surface area contributed by atoms with Crippen LogP contribution in [0.1, 0.15) is 26.2 Å². The van der Waals surface area contributed by atoms with E-state index in [9.17, 15) is 4.79 Å². The van der Waals surface area contributed by atoms with Crippen molar-refractivity contribution in [3.63, 3.8) is 0 Å². The summed E-state index contributed by atoms with van der Waals surface area (Å²) in [7, 11) is 0. The Balaban J connectivity index is 1.89. The molecule has 2 fully saturated rings. The predicted molar refractivity (Wildman–Crippen MR) is 55.8 cm³/mol. The second-order valence-corrected chi connectivity index (χ2v) is 4.79. The van der Waals surface area contributed by atoms with E-state index in [4.69, 9.17) is 9.84 Å². The van der Waals surface area contributed by atoms with Crippen LogP contribution >= 0.6 is 0 Å². The van der Waals surface area contributed by atoms with Crippen LogP contribution in [-0.2, 0) is 9.53 Å². The molecular formula is C11H19NO3. The van der Waals surface area contributed by atoms with Gasteiger partial charge in [0.2, 0.25) is 0 Å². The summed E-state index contributed by atoms with van der Waals surface area (Å²) >= 11 is 0. The van der Waals surface area contributed by atoms with Gasteiger partial charge in [0, 0.05) is 5.41 Å². The van der Waals surface area contributed by atoms with Gasteiger partial charge in [-0.2, -0.15) is 0 Å². The number of carboxylic acids is 1. The van der Waals surface area contributed by atoms with Crippen LogP contribution in [0.2, 0.25) is 0 Å². The van der Waals surface area contributed by atoms with Crippen LogP contribution in [0, 0.1) is 5.41 Å². The van der Waals surface area contributed by atoms with Gasteiger partial charge in [-0.05, 0) is 32.4 Å². The van der Waals surface area contributed by atoms with Crippen molar-refractivity contribution in [1.82, 2.24) is 4.90 Å². The molecule has 15 heavy (non-hydrogen) atoms. The van der Waals surface area contributed by atoms with Gasteiger partial charge in [-0.25, -0.2) is 0 Å². The molecule has 0 amide bonds. The summed E-state index contributed by atoms with van der Waals surface area (Å²) in [4.78, 5) is 13.1. The van der Waals surface area contributed by atoms with E-state index in [0.29, 0.717) is 11.8 Å². The van der Waals surface area contributed by atoms with Crippen LogP contribution in [-0.4, -0.2) is 48.3 Å². The zero-order valence-corrected chi connectivity index (χ0v) is 9.24. The molecule has 1 N–H and O–H groups in total. The highest BCUT2D eigenvalue weighted by atomic mass is 16.5. The quantitative estimate of drug-likeness (QED) is 0.758. The second kappa shape index (κ2) is 4.10. The summed E-state index contributed by atoms with van der Waals surface area (Å²) in [5.74, 6) is -0.682. The molecule has 0 aromatic carbocycles. The topological polar surface area (TPSA) is 49.8 Å². The zero-order chi connectivity index (χ0) is 10.9. The van der Waals surface area contributed by atoms with Crippen LogP contribution in [0.25, 0.3) is 0 Å². The van der Waals surface area contributed by atoms with E-state index in [-0.39, 0.29) is 6.04 Å². The Morgan fingerprint density at radius 1 is 1.47 bits per heavy atom. The van der Waals surface area contributed by atoms with Crippen molar-refractivity contribution in [3.8, 4) is 0 Å². The summed E-state index contributed by atoms with van der Waals surface area (Å²) in [5.41, 5.74) is 0.396. The molecule has 1 atom stereocenters. The second-order valence-electron chi connectivity index (χ2n) is 4.79. The number of carboxylic acid groups (broad SMARTS) is 1. The molecule has 0 aromatic rings. The zero-order valence-electron chi connectivity index (χ0n) is 9.24. The van der Waals surface area contributed by atoms with E-state index in [1.165, 1.54) is 0 Å². The number of hydrogen-bond acceptors (Lipinski definition) is 3. The molecule has 2 aliphatic heterocycles. The number of aliphatic carboxylic acids is 1. The summed E-state index contributed by atoms with van der Waals surface area (Å²) in [6, 6.07) is -0.289. The minimum atomic E-state index is -0.682. The summed E-state index contributed by atoms with van der Waals surface area (Å²) in [6.07, 6.45) is 2.88. The van der Waals surface area contributed by atoms with Gasteiger partial charge >= 0.3 is 5.97 Å². The van der Waals surface area contributed by atoms with E-state index >= 15 is 0 Å². The average Bonchev–Trinajstić information content (AvgIpc) is 2.17. The lowest BCUT2D eigenvalue weighted by Crippen LogP contribution is -2.54. The molecule has 2 saturated heterocycles. The normalized spacial score (nSPS) is 27.3. The van der Waals surface area contributed by atoms with Gasteiger partial charge in [-0.1, -0.05) is 6.92 Å². The lowest BCUT2D eigenvalue weighted by atomic mass is 9.76. The Labute approximate surface area is 90.2 Å². The molecule has 0 bridgehead atoms. The molecule has 4 heteroatoms. The first-order valence-electron chi connectivity index (χ1n) is 5.71. The number of carbonyl (C=O) groups is 1. The van der Waals surface area contributed by atoms with Gasteiger partial charge in [0.25, 0.3) is 0 Å². The van der Waals surface area contributed by atoms with Crippen LogP contribution < -0.4 is 0 Å². The minimum Gasteiger partial charge on any atom is -0.480 e.